The van der Waals surface area contributed by atoms with Gasteiger partial charge in [-0.1, -0.05) is 40.7 Å². The summed E-state index contributed by atoms with van der Waals surface area (Å²) in [6.07, 6.45) is 2.82. The summed E-state index contributed by atoms with van der Waals surface area (Å²) < 4.78 is 5.36. The van der Waals surface area contributed by atoms with Crippen LogP contribution in [-0.2, 0) is 23.9 Å². The van der Waals surface area contributed by atoms with Crippen molar-refractivity contribution < 1.29 is 33.8 Å². The van der Waals surface area contributed by atoms with Crippen molar-refractivity contribution in [2.45, 2.75) is 78.2 Å². The highest BCUT2D eigenvalue weighted by atomic mass is 16.5. The fourth-order valence-corrected chi connectivity index (χ4v) is 4.36. The van der Waals surface area contributed by atoms with E-state index in [4.69, 9.17) is 10.5 Å². The molecule has 0 aromatic rings. The molecule has 6 N–H and O–H groups in total. The third kappa shape index (κ3) is 8.52. The standard InChI is InChI=1S/C26H43N5O7/c1-7-16-10-11-31(19(16)22(34)28-12-17(32)21(27)33)23(35)20(26(4,5)6)30-25(37)29-18(14(2)3)24(36)38-13-15-8-9-15/h7,14-16,18-20,22,28,34H,1,8-13H2,2-6H3,(H2,27,33)(H2,29,30,37)/t16-,18-,19-,20+,22?/m0/s1. The lowest BCUT2D eigenvalue weighted by atomic mass is 9.85. The van der Waals surface area contributed by atoms with Gasteiger partial charge in [0.1, 0.15) is 18.3 Å². The Morgan fingerprint density at radius 1 is 1.13 bits per heavy atom. The number of hydrogen-bond donors (Lipinski definition) is 5. The number of aliphatic hydroxyl groups is 1. The van der Waals surface area contributed by atoms with Crippen LogP contribution in [-0.4, -0.2) is 83.7 Å². The van der Waals surface area contributed by atoms with Gasteiger partial charge < -0.3 is 31.1 Å². The molecule has 0 radical (unpaired) electrons. The monoisotopic (exact) mass is 537 g/mol. The van der Waals surface area contributed by atoms with E-state index >= 15 is 0 Å². The van der Waals surface area contributed by atoms with Crippen molar-refractivity contribution in [3.05, 3.63) is 12.7 Å². The van der Waals surface area contributed by atoms with Gasteiger partial charge in [0, 0.05) is 12.5 Å². The van der Waals surface area contributed by atoms with E-state index in [0.29, 0.717) is 18.9 Å². The van der Waals surface area contributed by atoms with Gasteiger partial charge in [0.05, 0.1) is 19.2 Å². The Labute approximate surface area is 224 Å². The minimum atomic E-state index is -1.35. The SMILES string of the molecule is C=C[C@H]1CCN(C(=O)[C@@H](NC(=O)N[C@H](C(=O)OCC2CC2)C(C)C)C(C)(C)C)[C@@H]1C(O)NCC(=O)C(N)=O. The zero-order valence-corrected chi connectivity index (χ0v) is 23.0. The molecule has 1 aliphatic carbocycles. The average molecular weight is 538 g/mol. The molecule has 2 rings (SSSR count). The van der Waals surface area contributed by atoms with Crippen LogP contribution in [0, 0.1) is 23.2 Å². The fraction of sp³-hybridized carbons (Fsp3) is 0.731. The summed E-state index contributed by atoms with van der Waals surface area (Å²) >= 11 is 0. The number of aliphatic hydroxyl groups excluding tert-OH is 1. The van der Waals surface area contributed by atoms with Crippen LogP contribution in [0.3, 0.4) is 0 Å². The number of urea groups is 1. The minimum absolute atomic E-state index is 0.239. The maximum Gasteiger partial charge on any atom is 0.328 e. The van der Waals surface area contributed by atoms with Crippen LogP contribution < -0.4 is 21.7 Å². The van der Waals surface area contributed by atoms with E-state index in [0.717, 1.165) is 12.8 Å². The molecule has 0 spiro atoms. The smallest absolute Gasteiger partial charge is 0.328 e. The summed E-state index contributed by atoms with van der Waals surface area (Å²) in [4.78, 5) is 63.5. The predicted octanol–water partition coefficient (Wildman–Crippen LogP) is 0.0436. The van der Waals surface area contributed by atoms with Gasteiger partial charge in [-0.25, -0.2) is 9.59 Å². The zero-order valence-electron chi connectivity index (χ0n) is 23.0. The van der Waals surface area contributed by atoms with Crippen molar-refractivity contribution in [2.24, 2.45) is 28.9 Å². The second-order valence-corrected chi connectivity index (χ2v) is 11.5. The molecule has 5 atom stereocenters. The van der Waals surface area contributed by atoms with E-state index in [1.54, 1.807) is 40.7 Å². The van der Waals surface area contributed by atoms with Gasteiger partial charge in [0.25, 0.3) is 5.91 Å². The molecular formula is C26H43N5O7. The third-order valence-corrected chi connectivity index (χ3v) is 6.91. The van der Waals surface area contributed by atoms with Crippen molar-refractivity contribution in [2.75, 3.05) is 19.7 Å². The third-order valence-electron chi connectivity index (χ3n) is 6.91. The molecule has 1 aliphatic heterocycles. The normalized spacial score (nSPS) is 21.8. The van der Waals surface area contributed by atoms with Gasteiger partial charge >= 0.3 is 12.0 Å². The molecule has 0 aromatic carbocycles. The number of esters is 1. The first-order valence-electron chi connectivity index (χ1n) is 13.1. The van der Waals surface area contributed by atoms with Crippen molar-refractivity contribution in [1.82, 2.24) is 20.9 Å². The van der Waals surface area contributed by atoms with Crippen LogP contribution in [0.25, 0.3) is 0 Å². The van der Waals surface area contributed by atoms with Crippen LogP contribution >= 0.6 is 0 Å². The molecule has 0 aromatic heterocycles. The Balaban J connectivity index is 2.15. The van der Waals surface area contributed by atoms with Crippen LogP contribution in [0.2, 0.25) is 0 Å². The molecule has 4 amide bonds. The number of amides is 4. The maximum absolute atomic E-state index is 13.8. The van der Waals surface area contributed by atoms with Gasteiger partial charge in [-0.15, -0.1) is 6.58 Å². The quantitative estimate of drug-likeness (QED) is 0.0945. The number of rotatable bonds is 13. The molecule has 12 heteroatoms. The summed E-state index contributed by atoms with van der Waals surface area (Å²) in [6, 6.07) is -3.38. The number of likely N-dealkylation sites (tertiary alicyclic amines) is 1. The highest BCUT2D eigenvalue weighted by molar-refractivity contribution is 6.36. The van der Waals surface area contributed by atoms with Gasteiger partial charge in [-0.3, -0.25) is 19.7 Å². The summed E-state index contributed by atoms with van der Waals surface area (Å²) in [6.45, 7) is 12.8. The predicted molar refractivity (Wildman–Crippen MR) is 139 cm³/mol. The molecule has 1 unspecified atom stereocenters. The fourth-order valence-electron chi connectivity index (χ4n) is 4.36. The number of nitrogens with zero attached hydrogens (tertiary/aromatic N) is 1. The number of Topliss-reactive ketones (excluding diaryl/α,β-unsaturated/α-hetero) is 1. The van der Waals surface area contributed by atoms with Crippen molar-refractivity contribution in [3.8, 4) is 0 Å². The lowest BCUT2D eigenvalue weighted by Gasteiger charge is -2.38. The minimum Gasteiger partial charge on any atom is -0.464 e. The Hall–Kier alpha value is -2.99. The number of primary amides is 1. The van der Waals surface area contributed by atoms with Gasteiger partial charge in [0.2, 0.25) is 11.7 Å². The van der Waals surface area contributed by atoms with E-state index in [-0.39, 0.29) is 18.4 Å². The van der Waals surface area contributed by atoms with E-state index in [1.807, 2.05) is 0 Å². The molecule has 38 heavy (non-hydrogen) atoms. The number of nitrogens with one attached hydrogen (secondary N) is 3. The first-order chi connectivity index (χ1) is 17.7. The number of ether oxygens (including phenoxy) is 1. The topological polar surface area (TPSA) is 180 Å². The van der Waals surface area contributed by atoms with Gasteiger partial charge in [-0.2, -0.15) is 0 Å². The molecule has 2 fully saturated rings. The molecule has 12 nitrogen and oxygen atoms in total. The van der Waals surface area contributed by atoms with Crippen molar-refractivity contribution in [3.63, 3.8) is 0 Å². The number of carbonyl (C=O) groups excluding carboxylic acids is 5. The Morgan fingerprint density at radius 3 is 2.26 bits per heavy atom. The molecule has 214 valence electrons. The van der Waals surface area contributed by atoms with Crippen LogP contribution in [0.4, 0.5) is 4.79 Å². The zero-order chi connectivity index (χ0) is 28.8. The number of ketones is 1. The number of hydrogen-bond acceptors (Lipinski definition) is 8. The van der Waals surface area contributed by atoms with Crippen LogP contribution in [0.15, 0.2) is 12.7 Å². The molecular weight excluding hydrogens is 494 g/mol. The molecule has 1 saturated heterocycles. The summed E-state index contributed by atoms with van der Waals surface area (Å²) in [5.41, 5.74) is 4.25. The highest BCUT2D eigenvalue weighted by Gasteiger charge is 2.45. The molecule has 2 aliphatic rings. The van der Waals surface area contributed by atoms with Crippen molar-refractivity contribution >= 4 is 29.6 Å². The lowest BCUT2D eigenvalue weighted by molar-refractivity contribution is -0.147. The van der Waals surface area contributed by atoms with E-state index in [2.05, 4.69) is 22.5 Å². The van der Waals surface area contributed by atoms with Gasteiger partial charge in [0.15, 0.2) is 0 Å². The molecule has 1 saturated carbocycles. The van der Waals surface area contributed by atoms with E-state index in [9.17, 15) is 29.1 Å². The largest absolute Gasteiger partial charge is 0.464 e. The maximum atomic E-state index is 13.8. The van der Waals surface area contributed by atoms with E-state index < -0.39 is 65.9 Å². The second kappa shape index (κ2) is 13.2. The Bertz CT molecular complexity index is 912. The first-order valence-corrected chi connectivity index (χ1v) is 13.1. The summed E-state index contributed by atoms with van der Waals surface area (Å²) in [5, 5.41) is 18.7. The number of carbonyl (C=O) groups is 5. The summed E-state index contributed by atoms with van der Waals surface area (Å²) in [5.74, 6) is -3.16. The summed E-state index contributed by atoms with van der Waals surface area (Å²) in [7, 11) is 0. The average Bonchev–Trinajstić information content (AvgIpc) is 3.57. The second-order valence-electron chi connectivity index (χ2n) is 11.5. The molecule has 0 bridgehead atoms. The number of nitrogens with two attached hydrogens (primary N) is 1. The van der Waals surface area contributed by atoms with Gasteiger partial charge in [-0.05, 0) is 36.5 Å². The Morgan fingerprint density at radius 2 is 1.76 bits per heavy atom. The Kier molecular flexibility index (Phi) is 10.8. The van der Waals surface area contributed by atoms with Crippen LogP contribution in [0.5, 0.6) is 0 Å². The lowest BCUT2D eigenvalue weighted by Crippen LogP contribution is -2.61. The first kappa shape index (κ1) is 31.2. The van der Waals surface area contributed by atoms with Crippen molar-refractivity contribution in [1.29, 1.82) is 0 Å². The highest BCUT2D eigenvalue weighted by Crippen LogP contribution is 2.31. The van der Waals surface area contributed by atoms with Crippen LogP contribution in [0.1, 0.15) is 53.9 Å². The molecule has 1 heterocycles. The van der Waals surface area contributed by atoms with E-state index in [1.165, 1.54) is 4.90 Å².